The Kier molecular flexibility index (Phi) is 5.30. The van der Waals surface area contributed by atoms with Crippen molar-refractivity contribution < 1.29 is 18.6 Å². The average molecular weight is 296 g/mol. The van der Waals surface area contributed by atoms with E-state index in [-0.39, 0.29) is 5.75 Å². The number of benzene rings is 1. The summed E-state index contributed by atoms with van der Waals surface area (Å²) in [5.41, 5.74) is 1.76. The Bertz CT molecular complexity index is 555. The zero-order valence-electron chi connectivity index (χ0n) is 11.7. The van der Waals surface area contributed by atoms with Crippen LogP contribution in [0.5, 0.6) is 5.75 Å². The van der Waals surface area contributed by atoms with Crippen LogP contribution in [0.25, 0.3) is 0 Å². The standard InChI is InChI=1S/C15H18F2N2O2/c1-19-8-2-3-12(19)9-18-10-14(20)11-4-6-13(7-5-11)21-15(16)17/h2-8,14-15,18,20H,9-10H2,1H3. The summed E-state index contributed by atoms with van der Waals surface area (Å²) in [7, 11) is 1.95. The molecule has 21 heavy (non-hydrogen) atoms. The first-order chi connectivity index (χ1) is 10.1. The third kappa shape index (κ3) is 4.54. The predicted octanol–water partition coefficient (Wildman–Crippen LogP) is 2.45. The summed E-state index contributed by atoms with van der Waals surface area (Å²) in [6.45, 7) is -1.82. The molecule has 0 radical (unpaired) electrons. The van der Waals surface area contributed by atoms with Gasteiger partial charge in [0, 0.05) is 32.0 Å². The number of aromatic nitrogens is 1. The Balaban J connectivity index is 1.82. The van der Waals surface area contributed by atoms with Gasteiger partial charge in [-0.05, 0) is 29.8 Å². The van der Waals surface area contributed by atoms with Crippen molar-refractivity contribution in [2.24, 2.45) is 7.05 Å². The van der Waals surface area contributed by atoms with Gasteiger partial charge in [0.15, 0.2) is 0 Å². The van der Waals surface area contributed by atoms with E-state index in [0.717, 1.165) is 5.69 Å². The fourth-order valence-electron chi connectivity index (χ4n) is 2.01. The number of nitrogens with zero attached hydrogens (tertiary/aromatic N) is 1. The van der Waals surface area contributed by atoms with Crippen LogP contribution in [0.2, 0.25) is 0 Å². The summed E-state index contributed by atoms with van der Waals surface area (Å²) in [5, 5.41) is 13.2. The van der Waals surface area contributed by atoms with Gasteiger partial charge in [-0.25, -0.2) is 0 Å². The van der Waals surface area contributed by atoms with E-state index in [1.54, 1.807) is 12.1 Å². The first-order valence-electron chi connectivity index (χ1n) is 6.60. The van der Waals surface area contributed by atoms with Crippen LogP contribution < -0.4 is 10.1 Å². The third-order valence-electron chi connectivity index (χ3n) is 3.19. The first kappa shape index (κ1) is 15.5. The molecule has 2 rings (SSSR count). The normalized spacial score (nSPS) is 12.6. The number of aliphatic hydroxyl groups is 1. The zero-order chi connectivity index (χ0) is 15.2. The molecule has 0 fully saturated rings. The topological polar surface area (TPSA) is 46.4 Å². The third-order valence-corrected chi connectivity index (χ3v) is 3.19. The van der Waals surface area contributed by atoms with Crippen LogP contribution in [0, 0.1) is 0 Å². The molecule has 0 saturated carbocycles. The highest BCUT2D eigenvalue weighted by Crippen LogP contribution is 2.19. The summed E-state index contributed by atoms with van der Waals surface area (Å²) >= 11 is 0. The first-order valence-corrected chi connectivity index (χ1v) is 6.60. The summed E-state index contributed by atoms with van der Waals surface area (Å²) in [5.74, 6) is 0.0812. The lowest BCUT2D eigenvalue weighted by Crippen LogP contribution is -2.22. The lowest BCUT2D eigenvalue weighted by Gasteiger charge is -2.13. The van der Waals surface area contributed by atoms with Crippen molar-refractivity contribution in [1.82, 2.24) is 9.88 Å². The molecular formula is C15H18F2N2O2. The highest BCUT2D eigenvalue weighted by Gasteiger charge is 2.09. The molecule has 2 N–H and O–H groups in total. The smallest absolute Gasteiger partial charge is 0.387 e. The second kappa shape index (κ2) is 7.19. The van der Waals surface area contributed by atoms with Gasteiger partial charge in [-0.1, -0.05) is 12.1 Å². The van der Waals surface area contributed by atoms with Crippen LogP contribution in [0.4, 0.5) is 8.78 Å². The molecule has 0 spiro atoms. The molecule has 0 aliphatic heterocycles. The number of hydrogen-bond donors (Lipinski definition) is 2. The van der Waals surface area contributed by atoms with Crippen molar-refractivity contribution in [3.63, 3.8) is 0 Å². The van der Waals surface area contributed by atoms with Crippen molar-refractivity contribution >= 4 is 0 Å². The molecule has 0 aliphatic rings. The molecule has 1 unspecified atom stereocenters. The molecule has 1 aromatic carbocycles. The van der Waals surface area contributed by atoms with Gasteiger partial charge in [-0.2, -0.15) is 8.78 Å². The number of hydrogen-bond acceptors (Lipinski definition) is 3. The molecule has 0 saturated heterocycles. The van der Waals surface area contributed by atoms with Gasteiger partial charge in [-0.15, -0.1) is 0 Å². The number of halogens is 2. The van der Waals surface area contributed by atoms with E-state index in [1.165, 1.54) is 12.1 Å². The molecule has 2 aromatic rings. The van der Waals surface area contributed by atoms with Crippen LogP contribution in [-0.2, 0) is 13.6 Å². The fraction of sp³-hybridized carbons (Fsp3) is 0.333. The fourth-order valence-corrected chi connectivity index (χ4v) is 2.01. The minimum absolute atomic E-state index is 0.0812. The van der Waals surface area contributed by atoms with Gasteiger partial charge >= 0.3 is 6.61 Å². The number of nitrogens with one attached hydrogen (secondary N) is 1. The van der Waals surface area contributed by atoms with E-state index < -0.39 is 12.7 Å². The lowest BCUT2D eigenvalue weighted by atomic mass is 10.1. The molecule has 4 nitrogen and oxygen atoms in total. The van der Waals surface area contributed by atoms with Gasteiger partial charge < -0.3 is 19.7 Å². The lowest BCUT2D eigenvalue weighted by molar-refractivity contribution is -0.0498. The van der Waals surface area contributed by atoms with E-state index in [0.29, 0.717) is 18.7 Å². The highest BCUT2D eigenvalue weighted by molar-refractivity contribution is 5.28. The molecule has 1 heterocycles. The largest absolute Gasteiger partial charge is 0.435 e. The Labute approximate surface area is 122 Å². The molecule has 0 aliphatic carbocycles. The van der Waals surface area contributed by atoms with Crippen molar-refractivity contribution in [3.8, 4) is 5.75 Å². The van der Waals surface area contributed by atoms with Gasteiger partial charge in [-0.3, -0.25) is 0 Å². The molecule has 0 amide bonds. The van der Waals surface area contributed by atoms with Crippen LogP contribution in [0.1, 0.15) is 17.4 Å². The molecule has 6 heteroatoms. The summed E-state index contributed by atoms with van der Waals surface area (Å²) in [6, 6.07) is 9.94. The van der Waals surface area contributed by atoms with Gasteiger partial charge in [0.1, 0.15) is 5.75 Å². The number of alkyl halides is 2. The maximum atomic E-state index is 12.0. The van der Waals surface area contributed by atoms with Crippen LogP contribution in [0.3, 0.4) is 0 Å². The Hall–Kier alpha value is -1.92. The van der Waals surface area contributed by atoms with Crippen molar-refractivity contribution in [2.45, 2.75) is 19.3 Å². The zero-order valence-corrected chi connectivity index (χ0v) is 11.7. The van der Waals surface area contributed by atoms with Crippen molar-refractivity contribution in [3.05, 3.63) is 53.9 Å². The minimum atomic E-state index is -2.84. The van der Waals surface area contributed by atoms with E-state index in [9.17, 15) is 13.9 Å². The van der Waals surface area contributed by atoms with Gasteiger partial charge in [0.2, 0.25) is 0 Å². The minimum Gasteiger partial charge on any atom is -0.435 e. The van der Waals surface area contributed by atoms with E-state index >= 15 is 0 Å². The number of aryl methyl sites for hydroxylation is 1. The number of aliphatic hydroxyl groups excluding tert-OH is 1. The summed E-state index contributed by atoms with van der Waals surface area (Å²) in [4.78, 5) is 0. The number of rotatable bonds is 7. The van der Waals surface area contributed by atoms with Gasteiger partial charge in [0.25, 0.3) is 0 Å². The highest BCUT2D eigenvalue weighted by atomic mass is 19.3. The molecule has 1 atom stereocenters. The average Bonchev–Trinajstić information content (AvgIpc) is 2.84. The van der Waals surface area contributed by atoms with Gasteiger partial charge in [0.05, 0.1) is 6.10 Å². The Morgan fingerprint density at radius 2 is 1.95 bits per heavy atom. The summed E-state index contributed by atoms with van der Waals surface area (Å²) in [6.07, 6.45) is 1.25. The van der Waals surface area contributed by atoms with Crippen molar-refractivity contribution in [1.29, 1.82) is 0 Å². The number of ether oxygens (including phenoxy) is 1. The Morgan fingerprint density at radius 3 is 2.52 bits per heavy atom. The van der Waals surface area contributed by atoms with E-state index in [4.69, 9.17) is 0 Å². The quantitative estimate of drug-likeness (QED) is 0.825. The van der Waals surface area contributed by atoms with E-state index in [2.05, 4.69) is 10.1 Å². The maximum Gasteiger partial charge on any atom is 0.387 e. The van der Waals surface area contributed by atoms with Crippen molar-refractivity contribution in [2.75, 3.05) is 6.54 Å². The van der Waals surface area contributed by atoms with E-state index in [1.807, 2.05) is 29.9 Å². The monoisotopic (exact) mass is 296 g/mol. The van der Waals surface area contributed by atoms with Crippen LogP contribution >= 0.6 is 0 Å². The molecule has 0 bridgehead atoms. The van der Waals surface area contributed by atoms with Crippen LogP contribution in [-0.4, -0.2) is 22.8 Å². The second-order valence-electron chi connectivity index (χ2n) is 4.70. The predicted molar refractivity (Wildman–Crippen MR) is 75.2 cm³/mol. The maximum absolute atomic E-state index is 12.0. The summed E-state index contributed by atoms with van der Waals surface area (Å²) < 4.78 is 30.3. The second-order valence-corrected chi connectivity index (χ2v) is 4.70. The van der Waals surface area contributed by atoms with Crippen LogP contribution in [0.15, 0.2) is 42.6 Å². The molecule has 1 aromatic heterocycles. The SMILES string of the molecule is Cn1cccc1CNCC(O)c1ccc(OC(F)F)cc1. The molecular weight excluding hydrogens is 278 g/mol. The Morgan fingerprint density at radius 1 is 1.24 bits per heavy atom. The molecule has 114 valence electrons.